The van der Waals surface area contributed by atoms with E-state index in [9.17, 15) is 4.79 Å². The van der Waals surface area contributed by atoms with Crippen molar-refractivity contribution >= 4 is 17.6 Å². The van der Waals surface area contributed by atoms with Gasteiger partial charge < -0.3 is 9.84 Å². The molecule has 0 heterocycles. The summed E-state index contributed by atoms with van der Waals surface area (Å²) in [5.41, 5.74) is 0.131. The van der Waals surface area contributed by atoms with Crippen LogP contribution in [0.1, 0.15) is 29.6 Å². The monoisotopic (exact) mass is 240 g/mol. The number of hydrogen-bond donors (Lipinski definition) is 1. The SMILES string of the molecule is O=C(O)c1cccc(Cl)c1OCC1CCC1. The van der Waals surface area contributed by atoms with E-state index in [1.165, 1.54) is 12.5 Å². The van der Waals surface area contributed by atoms with E-state index in [1.54, 1.807) is 12.1 Å². The summed E-state index contributed by atoms with van der Waals surface area (Å²) >= 11 is 5.93. The number of para-hydroxylation sites is 1. The number of benzene rings is 1. The predicted octanol–water partition coefficient (Wildman–Crippen LogP) is 3.22. The Morgan fingerprint density at radius 1 is 1.50 bits per heavy atom. The molecule has 0 aliphatic heterocycles. The summed E-state index contributed by atoms with van der Waals surface area (Å²) < 4.78 is 5.52. The van der Waals surface area contributed by atoms with Gasteiger partial charge in [0, 0.05) is 0 Å². The zero-order valence-electron chi connectivity index (χ0n) is 8.78. The van der Waals surface area contributed by atoms with Crippen molar-refractivity contribution in [2.45, 2.75) is 19.3 Å². The van der Waals surface area contributed by atoms with Crippen LogP contribution in [0.15, 0.2) is 18.2 Å². The van der Waals surface area contributed by atoms with Gasteiger partial charge in [0.2, 0.25) is 0 Å². The minimum absolute atomic E-state index is 0.131. The van der Waals surface area contributed by atoms with Crippen LogP contribution in [0.25, 0.3) is 0 Å². The summed E-state index contributed by atoms with van der Waals surface area (Å²) in [5.74, 6) is -0.160. The summed E-state index contributed by atoms with van der Waals surface area (Å²) in [7, 11) is 0. The van der Waals surface area contributed by atoms with Crippen LogP contribution in [-0.4, -0.2) is 17.7 Å². The molecule has 2 rings (SSSR count). The number of ether oxygens (including phenoxy) is 1. The molecule has 0 saturated heterocycles. The van der Waals surface area contributed by atoms with Crippen molar-refractivity contribution in [2.24, 2.45) is 5.92 Å². The van der Waals surface area contributed by atoms with Gasteiger partial charge in [-0.2, -0.15) is 0 Å². The molecular weight excluding hydrogens is 228 g/mol. The molecule has 1 fully saturated rings. The molecule has 1 aromatic rings. The average Bonchev–Trinajstić information content (AvgIpc) is 2.17. The highest BCUT2D eigenvalue weighted by atomic mass is 35.5. The minimum Gasteiger partial charge on any atom is -0.491 e. The van der Waals surface area contributed by atoms with Crippen LogP contribution in [0.4, 0.5) is 0 Å². The largest absolute Gasteiger partial charge is 0.491 e. The van der Waals surface area contributed by atoms with E-state index in [0.717, 1.165) is 12.8 Å². The quantitative estimate of drug-likeness (QED) is 0.879. The Kier molecular flexibility index (Phi) is 3.34. The van der Waals surface area contributed by atoms with Crippen LogP contribution < -0.4 is 4.74 Å². The van der Waals surface area contributed by atoms with Crippen LogP contribution in [0.3, 0.4) is 0 Å². The van der Waals surface area contributed by atoms with Crippen LogP contribution in [0.5, 0.6) is 5.75 Å². The summed E-state index contributed by atoms with van der Waals surface area (Å²) in [6.45, 7) is 0.560. The van der Waals surface area contributed by atoms with Crippen LogP contribution in [0, 0.1) is 5.92 Å². The Balaban J connectivity index is 2.13. The van der Waals surface area contributed by atoms with Crippen molar-refractivity contribution in [3.63, 3.8) is 0 Å². The van der Waals surface area contributed by atoms with Gasteiger partial charge in [0.15, 0.2) is 5.75 Å². The lowest BCUT2D eigenvalue weighted by Crippen LogP contribution is -2.20. The maximum Gasteiger partial charge on any atom is 0.339 e. The smallest absolute Gasteiger partial charge is 0.339 e. The molecule has 1 saturated carbocycles. The fourth-order valence-corrected chi connectivity index (χ4v) is 1.91. The summed E-state index contributed by atoms with van der Waals surface area (Å²) in [5, 5.41) is 9.35. The number of carboxylic acid groups (broad SMARTS) is 1. The lowest BCUT2D eigenvalue weighted by Gasteiger charge is -2.25. The van der Waals surface area contributed by atoms with E-state index >= 15 is 0 Å². The van der Waals surface area contributed by atoms with E-state index in [4.69, 9.17) is 21.4 Å². The standard InChI is InChI=1S/C12H13ClO3/c13-10-6-2-5-9(12(14)15)11(10)16-7-8-3-1-4-8/h2,5-6,8H,1,3-4,7H2,(H,14,15). The van der Waals surface area contributed by atoms with E-state index in [1.807, 2.05) is 0 Å². The number of hydrogen-bond acceptors (Lipinski definition) is 2. The second kappa shape index (κ2) is 4.74. The zero-order valence-corrected chi connectivity index (χ0v) is 9.54. The maximum atomic E-state index is 11.0. The number of carbonyl (C=O) groups is 1. The fraction of sp³-hybridized carbons (Fsp3) is 0.417. The third-order valence-electron chi connectivity index (χ3n) is 2.89. The van der Waals surface area contributed by atoms with Crippen LogP contribution in [-0.2, 0) is 0 Å². The first-order valence-corrected chi connectivity index (χ1v) is 5.71. The first-order valence-electron chi connectivity index (χ1n) is 5.33. The lowest BCUT2D eigenvalue weighted by atomic mass is 9.86. The molecule has 1 N–H and O–H groups in total. The molecule has 1 aliphatic rings. The average molecular weight is 241 g/mol. The Labute approximate surface area is 99.0 Å². The third kappa shape index (κ3) is 2.30. The van der Waals surface area contributed by atoms with Gasteiger partial charge in [0.05, 0.1) is 11.6 Å². The molecule has 0 amide bonds. The van der Waals surface area contributed by atoms with Gasteiger partial charge >= 0.3 is 5.97 Å². The van der Waals surface area contributed by atoms with Gasteiger partial charge in [0.25, 0.3) is 0 Å². The van der Waals surface area contributed by atoms with Crippen molar-refractivity contribution in [3.05, 3.63) is 28.8 Å². The summed E-state index contributed by atoms with van der Waals surface area (Å²) in [4.78, 5) is 11.0. The van der Waals surface area contributed by atoms with Gasteiger partial charge in [-0.15, -0.1) is 0 Å². The molecule has 0 atom stereocenters. The molecular formula is C12H13ClO3. The van der Waals surface area contributed by atoms with E-state index in [0.29, 0.717) is 23.3 Å². The Morgan fingerprint density at radius 3 is 2.81 bits per heavy atom. The number of halogens is 1. The van der Waals surface area contributed by atoms with E-state index in [-0.39, 0.29) is 5.56 Å². The molecule has 86 valence electrons. The van der Waals surface area contributed by atoms with Crippen molar-refractivity contribution in [1.82, 2.24) is 0 Å². The highest BCUT2D eigenvalue weighted by Crippen LogP contribution is 2.32. The molecule has 1 aromatic carbocycles. The topological polar surface area (TPSA) is 46.5 Å². The normalized spacial score (nSPS) is 15.6. The number of carboxylic acids is 1. The van der Waals surface area contributed by atoms with Gasteiger partial charge in [-0.3, -0.25) is 0 Å². The van der Waals surface area contributed by atoms with Crippen molar-refractivity contribution in [3.8, 4) is 5.75 Å². The number of aromatic carboxylic acids is 1. The molecule has 3 nitrogen and oxygen atoms in total. The first-order chi connectivity index (χ1) is 7.68. The maximum absolute atomic E-state index is 11.0. The van der Waals surface area contributed by atoms with Crippen molar-refractivity contribution in [1.29, 1.82) is 0 Å². The fourth-order valence-electron chi connectivity index (χ4n) is 1.68. The van der Waals surface area contributed by atoms with Crippen molar-refractivity contribution in [2.75, 3.05) is 6.61 Å². The van der Waals surface area contributed by atoms with Gasteiger partial charge in [-0.25, -0.2) is 4.79 Å². The Morgan fingerprint density at radius 2 is 2.25 bits per heavy atom. The molecule has 4 heteroatoms. The molecule has 0 unspecified atom stereocenters. The Hall–Kier alpha value is -1.22. The lowest BCUT2D eigenvalue weighted by molar-refractivity contribution is 0.0690. The molecule has 0 radical (unpaired) electrons. The van der Waals surface area contributed by atoms with Gasteiger partial charge in [0.1, 0.15) is 5.56 Å². The van der Waals surface area contributed by atoms with Gasteiger partial charge in [-0.05, 0) is 30.9 Å². The minimum atomic E-state index is -1.01. The first kappa shape index (κ1) is 11.3. The Bertz CT molecular complexity index is 399. The zero-order chi connectivity index (χ0) is 11.5. The second-order valence-corrected chi connectivity index (χ2v) is 4.44. The van der Waals surface area contributed by atoms with Crippen LogP contribution in [0.2, 0.25) is 5.02 Å². The molecule has 0 aromatic heterocycles. The van der Waals surface area contributed by atoms with Crippen molar-refractivity contribution < 1.29 is 14.6 Å². The molecule has 1 aliphatic carbocycles. The van der Waals surface area contributed by atoms with E-state index < -0.39 is 5.97 Å². The number of rotatable bonds is 4. The third-order valence-corrected chi connectivity index (χ3v) is 3.18. The summed E-state index contributed by atoms with van der Waals surface area (Å²) in [6.07, 6.45) is 3.56. The van der Waals surface area contributed by atoms with E-state index in [2.05, 4.69) is 0 Å². The highest BCUT2D eigenvalue weighted by molar-refractivity contribution is 6.32. The predicted molar refractivity (Wildman–Crippen MR) is 61.2 cm³/mol. The second-order valence-electron chi connectivity index (χ2n) is 4.03. The molecule has 0 spiro atoms. The highest BCUT2D eigenvalue weighted by Gasteiger charge is 2.20. The summed E-state index contributed by atoms with van der Waals surface area (Å²) in [6, 6.07) is 4.76. The van der Waals surface area contributed by atoms with Crippen LogP contribution >= 0.6 is 11.6 Å². The molecule has 0 bridgehead atoms. The van der Waals surface area contributed by atoms with Gasteiger partial charge in [-0.1, -0.05) is 24.1 Å². The molecule has 16 heavy (non-hydrogen) atoms.